The minimum absolute atomic E-state index is 0. The minimum atomic E-state index is -4.02. The van der Waals surface area contributed by atoms with Gasteiger partial charge < -0.3 is 11.1 Å². The van der Waals surface area contributed by atoms with E-state index >= 15 is 0 Å². The summed E-state index contributed by atoms with van der Waals surface area (Å²) in [6.07, 6.45) is 1.51. The van der Waals surface area contributed by atoms with Gasteiger partial charge in [0.05, 0.1) is 10.7 Å². The van der Waals surface area contributed by atoms with Crippen molar-refractivity contribution in [2.24, 2.45) is 11.7 Å². The number of piperidine rings is 1. The topological polar surface area (TPSA) is 92.5 Å². The molecule has 3 N–H and O–H groups in total. The molecule has 0 aliphatic carbocycles. The predicted octanol–water partition coefficient (Wildman–Crippen LogP) is 2.61. The lowest BCUT2D eigenvalue weighted by Gasteiger charge is -2.33. The third-order valence-electron chi connectivity index (χ3n) is 4.11. The molecule has 0 radical (unpaired) electrons. The van der Waals surface area contributed by atoms with Crippen LogP contribution in [0.25, 0.3) is 0 Å². The van der Waals surface area contributed by atoms with Crippen molar-refractivity contribution >= 4 is 45.6 Å². The van der Waals surface area contributed by atoms with Crippen molar-refractivity contribution in [3.63, 3.8) is 0 Å². The fourth-order valence-corrected chi connectivity index (χ4v) is 4.66. The minimum Gasteiger partial charge on any atom is -0.328 e. The summed E-state index contributed by atoms with van der Waals surface area (Å²) in [7, 11) is -4.02. The van der Waals surface area contributed by atoms with Gasteiger partial charge in [0.25, 0.3) is 0 Å². The number of carbonyl (C=O) groups is 1. The van der Waals surface area contributed by atoms with Crippen molar-refractivity contribution in [1.29, 1.82) is 0 Å². The Morgan fingerprint density at radius 1 is 1.48 bits per heavy atom. The average molecular weight is 414 g/mol. The number of amides is 1. The summed E-state index contributed by atoms with van der Waals surface area (Å²) in [5.74, 6) is -1.35. The summed E-state index contributed by atoms with van der Waals surface area (Å²) in [5.41, 5.74) is 5.91. The van der Waals surface area contributed by atoms with Crippen molar-refractivity contribution in [3.8, 4) is 0 Å². The van der Waals surface area contributed by atoms with Crippen LogP contribution in [0.1, 0.15) is 26.7 Å². The molecule has 1 aromatic carbocycles. The number of hydrogen-bond donors (Lipinski definition) is 2. The van der Waals surface area contributed by atoms with Crippen molar-refractivity contribution in [3.05, 3.63) is 23.0 Å². The molecule has 1 amide bonds. The van der Waals surface area contributed by atoms with Gasteiger partial charge in [-0.1, -0.05) is 11.6 Å². The Bertz CT molecular complexity index is 744. The molecular formula is C15H22Cl2FN3O3S. The number of carbonyl (C=O) groups excluding carboxylic acids is 1. The summed E-state index contributed by atoms with van der Waals surface area (Å²) in [6.45, 7) is 3.65. The van der Waals surface area contributed by atoms with Gasteiger partial charge in [-0.05, 0) is 31.7 Å². The second-order valence-corrected chi connectivity index (χ2v) is 8.38. The Morgan fingerprint density at radius 2 is 2.12 bits per heavy atom. The quantitative estimate of drug-likeness (QED) is 0.792. The van der Waals surface area contributed by atoms with Gasteiger partial charge in [0.1, 0.15) is 10.7 Å². The average Bonchev–Trinajstić information content (AvgIpc) is 2.50. The van der Waals surface area contributed by atoms with Crippen LogP contribution in [0.2, 0.25) is 5.02 Å². The lowest BCUT2D eigenvalue weighted by Crippen LogP contribution is -2.45. The first-order chi connectivity index (χ1) is 11.1. The molecule has 25 heavy (non-hydrogen) atoms. The van der Waals surface area contributed by atoms with E-state index in [0.717, 1.165) is 18.6 Å². The molecule has 1 aliphatic rings. The van der Waals surface area contributed by atoms with Crippen molar-refractivity contribution in [2.45, 2.75) is 37.6 Å². The van der Waals surface area contributed by atoms with E-state index < -0.39 is 26.6 Å². The number of benzene rings is 1. The standard InChI is InChI=1S/C15H21ClFN3O3S.ClH/c1-9(18)11-4-3-5-20(8-11)24(22,23)15-6-12(16)14(7-13(15)17)19-10(2)21;/h6-7,9,11H,3-5,8,18H2,1-2H3,(H,19,21);1H. The van der Waals surface area contributed by atoms with Gasteiger partial charge in [-0.2, -0.15) is 4.31 Å². The fraction of sp³-hybridized carbons (Fsp3) is 0.533. The lowest BCUT2D eigenvalue weighted by molar-refractivity contribution is -0.114. The van der Waals surface area contributed by atoms with Crippen molar-refractivity contribution in [2.75, 3.05) is 18.4 Å². The second-order valence-electron chi connectivity index (χ2n) is 6.07. The zero-order chi connectivity index (χ0) is 18.1. The highest BCUT2D eigenvalue weighted by atomic mass is 35.5. The molecule has 1 fully saturated rings. The van der Waals surface area contributed by atoms with Crippen LogP contribution in [-0.2, 0) is 14.8 Å². The normalized spacial score (nSPS) is 19.8. The SMILES string of the molecule is CC(=O)Nc1cc(F)c(S(=O)(=O)N2CCCC(C(C)N)C2)cc1Cl.Cl. The Labute approximate surface area is 158 Å². The van der Waals surface area contributed by atoms with Gasteiger partial charge in [-0.3, -0.25) is 4.79 Å². The second kappa shape index (κ2) is 8.64. The van der Waals surface area contributed by atoms with Crippen LogP contribution in [0, 0.1) is 11.7 Å². The molecule has 1 aromatic rings. The Balaban J connectivity index is 0.00000312. The molecule has 0 bridgehead atoms. The van der Waals surface area contributed by atoms with E-state index in [4.69, 9.17) is 17.3 Å². The molecule has 0 aromatic heterocycles. The Kier molecular flexibility index (Phi) is 7.64. The maximum atomic E-state index is 14.3. The fourth-order valence-electron chi connectivity index (χ4n) is 2.77. The molecule has 1 aliphatic heterocycles. The lowest BCUT2D eigenvalue weighted by atomic mass is 9.93. The summed E-state index contributed by atoms with van der Waals surface area (Å²) in [6, 6.07) is 1.81. The molecule has 142 valence electrons. The highest BCUT2D eigenvalue weighted by Gasteiger charge is 2.33. The first-order valence-electron chi connectivity index (χ1n) is 7.65. The van der Waals surface area contributed by atoms with Crippen LogP contribution in [-0.4, -0.2) is 37.8 Å². The van der Waals surface area contributed by atoms with Crippen LogP contribution in [0.5, 0.6) is 0 Å². The summed E-state index contributed by atoms with van der Waals surface area (Å²) in [5, 5.41) is 2.32. The third kappa shape index (κ3) is 5.04. The number of halogens is 3. The number of rotatable bonds is 4. The first-order valence-corrected chi connectivity index (χ1v) is 9.47. The summed E-state index contributed by atoms with van der Waals surface area (Å²) in [4.78, 5) is 10.6. The van der Waals surface area contributed by atoms with Crippen LogP contribution in [0.15, 0.2) is 17.0 Å². The monoisotopic (exact) mass is 413 g/mol. The number of nitrogens with one attached hydrogen (secondary N) is 1. The molecule has 0 saturated carbocycles. The van der Waals surface area contributed by atoms with E-state index in [1.165, 1.54) is 11.2 Å². The number of anilines is 1. The molecule has 2 unspecified atom stereocenters. The van der Waals surface area contributed by atoms with Gasteiger partial charge in [0.15, 0.2) is 0 Å². The van der Waals surface area contributed by atoms with Gasteiger partial charge >= 0.3 is 0 Å². The molecule has 1 heterocycles. The first kappa shape index (κ1) is 22.1. The van der Waals surface area contributed by atoms with Crippen molar-refractivity contribution in [1.82, 2.24) is 4.31 Å². The number of nitrogens with two attached hydrogens (primary N) is 1. The largest absolute Gasteiger partial charge is 0.328 e. The van der Waals surface area contributed by atoms with E-state index in [1.54, 1.807) is 0 Å². The third-order valence-corrected chi connectivity index (χ3v) is 6.31. The molecule has 2 atom stereocenters. The highest BCUT2D eigenvalue weighted by molar-refractivity contribution is 7.89. The van der Waals surface area contributed by atoms with Crippen LogP contribution >= 0.6 is 24.0 Å². The number of sulfonamides is 1. The zero-order valence-corrected chi connectivity index (χ0v) is 16.3. The maximum absolute atomic E-state index is 14.3. The number of hydrogen-bond acceptors (Lipinski definition) is 4. The molecule has 2 rings (SSSR count). The van der Waals surface area contributed by atoms with Gasteiger partial charge in [0.2, 0.25) is 15.9 Å². The van der Waals surface area contributed by atoms with E-state index in [2.05, 4.69) is 5.32 Å². The summed E-state index contributed by atoms with van der Waals surface area (Å²) >= 11 is 5.99. The predicted molar refractivity (Wildman–Crippen MR) is 98.1 cm³/mol. The maximum Gasteiger partial charge on any atom is 0.246 e. The highest BCUT2D eigenvalue weighted by Crippen LogP contribution is 2.31. The van der Waals surface area contributed by atoms with Gasteiger partial charge in [0, 0.05) is 32.1 Å². The molecule has 0 spiro atoms. The van der Waals surface area contributed by atoms with Gasteiger partial charge in [-0.15, -0.1) is 12.4 Å². The van der Waals surface area contributed by atoms with E-state index in [0.29, 0.717) is 13.0 Å². The van der Waals surface area contributed by atoms with E-state index in [-0.39, 0.29) is 41.6 Å². The molecule has 1 saturated heterocycles. The van der Waals surface area contributed by atoms with Crippen LogP contribution in [0.3, 0.4) is 0 Å². The Morgan fingerprint density at radius 3 is 2.68 bits per heavy atom. The smallest absolute Gasteiger partial charge is 0.246 e. The van der Waals surface area contributed by atoms with Crippen molar-refractivity contribution < 1.29 is 17.6 Å². The van der Waals surface area contributed by atoms with Gasteiger partial charge in [-0.25, -0.2) is 12.8 Å². The van der Waals surface area contributed by atoms with Crippen LogP contribution < -0.4 is 11.1 Å². The molecule has 6 nitrogen and oxygen atoms in total. The zero-order valence-electron chi connectivity index (χ0n) is 14.0. The number of nitrogens with zero attached hydrogens (tertiary/aromatic N) is 1. The molecule has 10 heteroatoms. The summed E-state index contributed by atoms with van der Waals surface area (Å²) < 4.78 is 41.1. The van der Waals surface area contributed by atoms with Crippen LogP contribution in [0.4, 0.5) is 10.1 Å². The Hall–Kier alpha value is -0.930. The van der Waals surface area contributed by atoms with E-state index in [1.807, 2.05) is 6.92 Å². The molecular weight excluding hydrogens is 392 g/mol. The van der Waals surface area contributed by atoms with E-state index in [9.17, 15) is 17.6 Å².